The van der Waals surface area contributed by atoms with Gasteiger partial charge < -0.3 is 10.0 Å². The van der Waals surface area contributed by atoms with Crippen LogP contribution in [-0.2, 0) is 9.59 Å². The minimum Gasteiger partial charge on any atom is -0.480 e. The Morgan fingerprint density at radius 1 is 1.05 bits per heavy atom. The third-order valence-corrected chi connectivity index (χ3v) is 4.56. The monoisotopic (exact) mass is 307 g/mol. The van der Waals surface area contributed by atoms with E-state index < -0.39 is 35.9 Å². The number of nitrogens with zero attached hydrogens (tertiary/aromatic N) is 1. The summed E-state index contributed by atoms with van der Waals surface area (Å²) < 4.78 is 38.4. The molecule has 0 spiro atoms. The van der Waals surface area contributed by atoms with Gasteiger partial charge in [0.25, 0.3) is 0 Å². The van der Waals surface area contributed by atoms with Gasteiger partial charge in [-0.05, 0) is 38.5 Å². The average molecular weight is 307 g/mol. The maximum atomic E-state index is 12.8. The molecule has 4 nitrogen and oxygen atoms in total. The summed E-state index contributed by atoms with van der Waals surface area (Å²) in [5.74, 6) is -3.60. The van der Waals surface area contributed by atoms with Gasteiger partial charge >= 0.3 is 12.1 Å². The number of hydrogen-bond acceptors (Lipinski definition) is 2. The van der Waals surface area contributed by atoms with Crippen LogP contribution in [0.3, 0.4) is 0 Å². The van der Waals surface area contributed by atoms with Crippen molar-refractivity contribution in [2.45, 2.75) is 57.2 Å². The van der Waals surface area contributed by atoms with Gasteiger partial charge in [-0.3, -0.25) is 4.79 Å². The van der Waals surface area contributed by atoms with Crippen LogP contribution in [0.25, 0.3) is 0 Å². The van der Waals surface area contributed by atoms with Gasteiger partial charge in [0.1, 0.15) is 6.04 Å². The third-order valence-electron chi connectivity index (χ3n) is 4.56. The maximum Gasteiger partial charge on any atom is 0.391 e. The van der Waals surface area contributed by atoms with E-state index in [4.69, 9.17) is 5.11 Å². The molecule has 0 aromatic rings. The number of carboxylic acid groups (broad SMARTS) is 1. The molecule has 0 aromatic heterocycles. The number of piperidine rings is 1. The average Bonchev–Trinajstić information content (AvgIpc) is 2.45. The van der Waals surface area contributed by atoms with Crippen LogP contribution in [0.2, 0.25) is 0 Å². The van der Waals surface area contributed by atoms with Gasteiger partial charge in [0, 0.05) is 12.5 Å². The topological polar surface area (TPSA) is 57.6 Å². The van der Waals surface area contributed by atoms with Gasteiger partial charge in [0.05, 0.1) is 5.92 Å². The number of carboxylic acids is 1. The van der Waals surface area contributed by atoms with Crippen LogP contribution < -0.4 is 0 Å². The number of rotatable bonds is 2. The van der Waals surface area contributed by atoms with E-state index in [1.807, 2.05) is 0 Å². The Morgan fingerprint density at radius 3 is 2.38 bits per heavy atom. The molecule has 2 rings (SSSR count). The molecule has 2 fully saturated rings. The fourth-order valence-electron chi connectivity index (χ4n) is 3.40. The summed E-state index contributed by atoms with van der Waals surface area (Å²) in [6, 6.07) is -0.877. The molecule has 7 heteroatoms. The third kappa shape index (κ3) is 3.68. The molecule has 1 heterocycles. The van der Waals surface area contributed by atoms with Crippen LogP contribution in [0, 0.1) is 11.8 Å². The Kier molecular flexibility index (Phi) is 4.78. The summed E-state index contributed by atoms with van der Waals surface area (Å²) in [6.07, 6.45) is -1.79. The molecule has 1 aliphatic carbocycles. The van der Waals surface area contributed by atoms with Crippen molar-refractivity contribution < 1.29 is 27.9 Å². The maximum absolute atomic E-state index is 12.8. The van der Waals surface area contributed by atoms with Crippen molar-refractivity contribution in [2.24, 2.45) is 11.8 Å². The molecule has 2 unspecified atom stereocenters. The van der Waals surface area contributed by atoms with E-state index >= 15 is 0 Å². The Hall–Kier alpha value is -1.27. The predicted octanol–water partition coefficient (Wildman–Crippen LogP) is 2.82. The second-order valence-electron chi connectivity index (χ2n) is 5.98. The molecule has 1 aliphatic heterocycles. The number of carbonyl (C=O) groups is 2. The van der Waals surface area contributed by atoms with E-state index in [0.717, 1.165) is 6.42 Å². The minimum atomic E-state index is -4.27. The Morgan fingerprint density at radius 2 is 1.76 bits per heavy atom. The van der Waals surface area contributed by atoms with Crippen molar-refractivity contribution in [3.63, 3.8) is 0 Å². The molecule has 1 N–H and O–H groups in total. The smallest absolute Gasteiger partial charge is 0.391 e. The first kappa shape index (κ1) is 16.1. The van der Waals surface area contributed by atoms with Gasteiger partial charge in [-0.25, -0.2) is 4.79 Å². The first-order chi connectivity index (χ1) is 9.80. The van der Waals surface area contributed by atoms with Crippen molar-refractivity contribution in [2.75, 3.05) is 6.54 Å². The summed E-state index contributed by atoms with van der Waals surface area (Å²) >= 11 is 0. The second kappa shape index (κ2) is 6.23. The predicted molar refractivity (Wildman–Crippen MR) is 68.5 cm³/mol. The van der Waals surface area contributed by atoms with Gasteiger partial charge in [-0.15, -0.1) is 0 Å². The number of aliphatic carboxylic acids is 1. The summed E-state index contributed by atoms with van der Waals surface area (Å²) in [5.41, 5.74) is 0. The number of likely N-dealkylation sites (tertiary alicyclic amines) is 1. The lowest BCUT2D eigenvalue weighted by atomic mass is 9.80. The van der Waals surface area contributed by atoms with E-state index in [-0.39, 0.29) is 12.8 Å². The highest BCUT2D eigenvalue weighted by Crippen LogP contribution is 2.40. The van der Waals surface area contributed by atoms with Crippen LogP contribution >= 0.6 is 0 Å². The standard InChI is InChI=1S/C14H20F3NO3/c15-14(16,17)10-5-3-4-9(8-10)12(19)18-7-2-1-6-11(18)13(20)21/h9-11H,1-8H2,(H,20,21)/t9?,10?,11-/m1/s1. The normalized spacial score (nSPS) is 31.0. The summed E-state index contributed by atoms with van der Waals surface area (Å²) in [7, 11) is 0. The molecule has 0 radical (unpaired) electrons. The zero-order valence-electron chi connectivity index (χ0n) is 11.7. The molecule has 1 saturated carbocycles. The first-order valence-corrected chi connectivity index (χ1v) is 7.40. The molecule has 0 bridgehead atoms. The van der Waals surface area contributed by atoms with Crippen molar-refractivity contribution in [3.8, 4) is 0 Å². The number of amides is 1. The van der Waals surface area contributed by atoms with Crippen molar-refractivity contribution in [1.82, 2.24) is 4.90 Å². The number of carbonyl (C=O) groups excluding carboxylic acids is 1. The highest BCUT2D eigenvalue weighted by molar-refractivity contribution is 5.85. The number of hydrogen-bond donors (Lipinski definition) is 1. The van der Waals surface area contributed by atoms with E-state index in [2.05, 4.69) is 0 Å². The number of halogens is 3. The molecule has 0 aromatic carbocycles. The zero-order chi connectivity index (χ0) is 15.6. The van der Waals surface area contributed by atoms with Crippen LogP contribution in [0.1, 0.15) is 44.9 Å². The van der Waals surface area contributed by atoms with Crippen molar-refractivity contribution in [3.05, 3.63) is 0 Å². The lowest BCUT2D eigenvalue weighted by molar-refractivity contribution is -0.188. The highest BCUT2D eigenvalue weighted by Gasteiger charge is 2.45. The van der Waals surface area contributed by atoms with E-state index in [1.165, 1.54) is 4.90 Å². The summed E-state index contributed by atoms with van der Waals surface area (Å²) in [4.78, 5) is 24.9. The molecular weight excluding hydrogens is 287 g/mol. The van der Waals surface area contributed by atoms with Crippen LogP contribution in [0.5, 0.6) is 0 Å². The van der Waals surface area contributed by atoms with E-state index in [0.29, 0.717) is 32.2 Å². The fourth-order valence-corrected chi connectivity index (χ4v) is 3.40. The van der Waals surface area contributed by atoms with Gasteiger partial charge in [-0.2, -0.15) is 13.2 Å². The van der Waals surface area contributed by atoms with Gasteiger partial charge in [0.15, 0.2) is 0 Å². The zero-order valence-corrected chi connectivity index (χ0v) is 11.7. The van der Waals surface area contributed by atoms with Crippen LogP contribution in [-0.4, -0.2) is 40.6 Å². The van der Waals surface area contributed by atoms with Crippen LogP contribution in [0.15, 0.2) is 0 Å². The molecule has 120 valence electrons. The van der Waals surface area contributed by atoms with Gasteiger partial charge in [0.2, 0.25) is 5.91 Å². The molecule has 21 heavy (non-hydrogen) atoms. The Balaban J connectivity index is 2.06. The van der Waals surface area contributed by atoms with E-state index in [1.54, 1.807) is 0 Å². The number of alkyl halides is 3. The Bertz CT molecular complexity index is 411. The summed E-state index contributed by atoms with van der Waals surface area (Å²) in [5, 5.41) is 9.16. The minimum absolute atomic E-state index is 0.0651. The van der Waals surface area contributed by atoms with Crippen molar-refractivity contribution in [1.29, 1.82) is 0 Å². The molecule has 3 atom stereocenters. The van der Waals surface area contributed by atoms with Crippen LogP contribution in [0.4, 0.5) is 13.2 Å². The molecule has 2 aliphatic rings. The molecule has 1 saturated heterocycles. The largest absolute Gasteiger partial charge is 0.480 e. The highest BCUT2D eigenvalue weighted by atomic mass is 19.4. The van der Waals surface area contributed by atoms with Crippen molar-refractivity contribution >= 4 is 11.9 Å². The lowest BCUT2D eigenvalue weighted by Crippen LogP contribution is -2.51. The fraction of sp³-hybridized carbons (Fsp3) is 0.857. The Labute approximate surface area is 121 Å². The molecule has 1 amide bonds. The lowest BCUT2D eigenvalue weighted by Gasteiger charge is -2.38. The quantitative estimate of drug-likeness (QED) is 0.853. The van der Waals surface area contributed by atoms with E-state index in [9.17, 15) is 22.8 Å². The molecular formula is C14H20F3NO3. The summed E-state index contributed by atoms with van der Waals surface area (Å²) in [6.45, 7) is 0.336. The van der Waals surface area contributed by atoms with Gasteiger partial charge in [-0.1, -0.05) is 6.42 Å². The first-order valence-electron chi connectivity index (χ1n) is 7.40. The second-order valence-corrected chi connectivity index (χ2v) is 5.98. The SMILES string of the molecule is O=C(O)[C@H]1CCCCN1C(=O)C1CCCC(C(F)(F)F)C1.